The fourth-order valence-corrected chi connectivity index (χ4v) is 3.58. The molecule has 2 rings (SSSR count). The third kappa shape index (κ3) is 3.83. The van der Waals surface area contributed by atoms with Crippen LogP contribution in [0, 0.1) is 0 Å². The maximum atomic E-state index is 12.5. The van der Waals surface area contributed by atoms with Gasteiger partial charge in [0, 0.05) is 12.6 Å². The molecule has 114 valence electrons. The number of hydrogen-bond acceptors (Lipinski definition) is 4. The van der Waals surface area contributed by atoms with E-state index in [1.807, 2.05) is 0 Å². The molecule has 1 aromatic rings. The first kappa shape index (κ1) is 15.5. The van der Waals surface area contributed by atoms with E-state index in [1.165, 1.54) is 28.6 Å². The second-order valence-corrected chi connectivity index (χ2v) is 6.64. The molecule has 1 aliphatic carbocycles. The highest BCUT2D eigenvalue weighted by molar-refractivity contribution is 7.89. The highest BCUT2D eigenvalue weighted by atomic mass is 32.2. The molecule has 6 nitrogen and oxygen atoms in total. The van der Waals surface area contributed by atoms with E-state index >= 15 is 0 Å². The maximum absolute atomic E-state index is 12.5. The molecule has 7 heteroatoms. The van der Waals surface area contributed by atoms with Gasteiger partial charge in [-0.3, -0.25) is 0 Å². The molecule has 1 fully saturated rings. The van der Waals surface area contributed by atoms with Crippen LogP contribution in [-0.2, 0) is 14.8 Å². The largest absolute Gasteiger partial charge is 0.482 e. The smallest absolute Gasteiger partial charge is 0.341 e. The van der Waals surface area contributed by atoms with Crippen LogP contribution in [0.15, 0.2) is 41.8 Å². The van der Waals surface area contributed by atoms with Crippen LogP contribution in [0.3, 0.4) is 0 Å². The summed E-state index contributed by atoms with van der Waals surface area (Å²) in [7, 11) is -3.56. The fourth-order valence-electron chi connectivity index (χ4n) is 1.92. The van der Waals surface area contributed by atoms with Crippen LogP contribution in [0.2, 0.25) is 0 Å². The van der Waals surface area contributed by atoms with Crippen molar-refractivity contribution in [2.24, 2.45) is 0 Å². The number of carboxylic acid groups (broad SMARTS) is 1. The van der Waals surface area contributed by atoms with Crippen LogP contribution in [0.5, 0.6) is 5.75 Å². The van der Waals surface area contributed by atoms with Gasteiger partial charge in [-0.25, -0.2) is 13.2 Å². The molecular weight excluding hydrogens is 294 g/mol. The lowest BCUT2D eigenvalue weighted by atomic mass is 10.3. The van der Waals surface area contributed by atoms with Gasteiger partial charge in [-0.15, -0.1) is 6.58 Å². The van der Waals surface area contributed by atoms with Crippen LogP contribution in [0.4, 0.5) is 0 Å². The van der Waals surface area contributed by atoms with Crippen molar-refractivity contribution in [1.29, 1.82) is 0 Å². The summed E-state index contributed by atoms with van der Waals surface area (Å²) in [5, 5.41) is 8.52. The zero-order chi connectivity index (χ0) is 15.5. The molecule has 0 heterocycles. The predicted octanol–water partition coefficient (Wildman–Crippen LogP) is 1.49. The molecular formula is C14H17NO5S. The Labute approximate surface area is 123 Å². The minimum Gasteiger partial charge on any atom is -0.482 e. The van der Waals surface area contributed by atoms with Gasteiger partial charge in [-0.1, -0.05) is 6.08 Å². The van der Waals surface area contributed by atoms with Gasteiger partial charge in [-0.2, -0.15) is 4.31 Å². The Kier molecular flexibility index (Phi) is 4.64. The van der Waals surface area contributed by atoms with Gasteiger partial charge in [0.15, 0.2) is 6.61 Å². The van der Waals surface area contributed by atoms with Crippen LogP contribution < -0.4 is 4.74 Å². The summed E-state index contributed by atoms with van der Waals surface area (Å²) >= 11 is 0. The van der Waals surface area contributed by atoms with Gasteiger partial charge < -0.3 is 9.84 Å². The topological polar surface area (TPSA) is 83.9 Å². The Balaban J connectivity index is 2.15. The van der Waals surface area contributed by atoms with Gasteiger partial charge in [0.25, 0.3) is 0 Å². The minimum atomic E-state index is -3.56. The third-order valence-electron chi connectivity index (χ3n) is 3.06. The van der Waals surface area contributed by atoms with Crippen molar-refractivity contribution in [3.05, 3.63) is 36.9 Å². The summed E-state index contributed by atoms with van der Waals surface area (Å²) in [5.74, 6) is -0.768. The third-order valence-corrected chi connectivity index (χ3v) is 4.99. The molecule has 1 aromatic carbocycles. The van der Waals surface area contributed by atoms with Gasteiger partial charge in [0.05, 0.1) is 4.90 Å². The first-order valence-corrected chi connectivity index (χ1v) is 7.96. The van der Waals surface area contributed by atoms with E-state index in [-0.39, 0.29) is 17.5 Å². The maximum Gasteiger partial charge on any atom is 0.341 e. The van der Waals surface area contributed by atoms with Gasteiger partial charge in [0.2, 0.25) is 10.0 Å². The van der Waals surface area contributed by atoms with E-state index < -0.39 is 22.6 Å². The molecule has 0 aromatic heterocycles. The van der Waals surface area contributed by atoms with Gasteiger partial charge >= 0.3 is 5.97 Å². The minimum absolute atomic E-state index is 0.0518. The SMILES string of the molecule is C=CCN(C1CC1)S(=O)(=O)c1ccc(OCC(=O)O)cc1. The number of hydrogen-bond donors (Lipinski definition) is 1. The van der Waals surface area contributed by atoms with Crippen molar-refractivity contribution in [1.82, 2.24) is 4.31 Å². The van der Waals surface area contributed by atoms with E-state index in [0.29, 0.717) is 5.75 Å². The average Bonchev–Trinajstić information content (AvgIpc) is 3.27. The number of sulfonamides is 1. The predicted molar refractivity (Wildman–Crippen MR) is 76.7 cm³/mol. The zero-order valence-corrected chi connectivity index (χ0v) is 12.3. The Hall–Kier alpha value is -1.86. The average molecular weight is 311 g/mol. The first-order chi connectivity index (χ1) is 9.95. The van der Waals surface area contributed by atoms with Gasteiger partial charge in [-0.05, 0) is 37.1 Å². The highest BCUT2D eigenvalue weighted by Crippen LogP contribution is 2.32. The summed E-state index contributed by atoms with van der Waals surface area (Å²) in [6.07, 6.45) is 3.31. The quantitative estimate of drug-likeness (QED) is 0.735. The van der Waals surface area contributed by atoms with E-state index in [2.05, 4.69) is 6.58 Å². The normalized spacial score (nSPS) is 14.9. The molecule has 0 unspecified atom stereocenters. The van der Waals surface area contributed by atoms with E-state index in [1.54, 1.807) is 6.08 Å². The van der Waals surface area contributed by atoms with Crippen LogP contribution in [-0.4, -0.2) is 43.0 Å². The molecule has 21 heavy (non-hydrogen) atoms. The lowest BCUT2D eigenvalue weighted by Crippen LogP contribution is -2.33. The molecule has 0 bridgehead atoms. The number of nitrogens with zero attached hydrogens (tertiary/aromatic N) is 1. The van der Waals surface area contributed by atoms with Crippen molar-refractivity contribution in [2.45, 2.75) is 23.8 Å². The fraction of sp³-hybridized carbons (Fsp3) is 0.357. The monoisotopic (exact) mass is 311 g/mol. The van der Waals surface area contributed by atoms with Crippen molar-refractivity contribution in [2.75, 3.05) is 13.2 Å². The van der Waals surface area contributed by atoms with Crippen molar-refractivity contribution in [3.63, 3.8) is 0 Å². The van der Waals surface area contributed by atoms with E-state index in [0.717, 1.165) is 12.8 Å². The molecule has 0 aliphatic heterocycles. The molecule has 1 aliphatic rings. The standard InChI is InChI=1S/C14H17NO5S/c1-2-9-15(11-3-4-11)21(18,19)13-7-5-12(6-8-13)20-10-14(16)17/h2,5-8,11H,1,3-4,9-10H2,(H,16,17). The second-order valence-electron chi connectivity index (χ2n) is 4.75. The summed E-state index contributed by atoms with van der Waals surface area (Å²) in [5.41, 5.74) is 0. The zero-order valence-electron chi connectivity index (χ0n) is 11.4. The molecule has 0 spiro atoms. The summed E-state index contributed by atoms with van der Waals surface area (Å²) < 4.78 is 31.5. The number of aliphatic carboxylic acids is 1. The Bertz CT molecular complexity index is 619. The molecule has 1 N–H and O–H groups in total. The van der Waals surface area contributed by atoms with Crippen molar-refractivity contribution >= 4 is 16.0 Å². The Morgan fingerprint density at radius 1 is 1.38 bits per heavy atom. The molecule has 0 atom stereocenters. The van der Waals surface area contributed by atoms with Crippen LogP contribution in [0.25, 0.3) is 0 Å². The Morgan fingerprint density at radius 3 is 2.48 bits per heavy atom. The Morgan fingerprint density at radius 2 is 2.00 bits per heavy atom. The van der Waals surface area contributed by atoms with Gasteiger partial charge in [0.1, 0.15) is 5.75 Å². The summed E-state index contributed by atoms with van der Waals surface area (Å²) in [6.45, 7) is 3.41. The van der Waals surface area contributed by atoms with E-state index in [9.17, 15) is 13.2 Å². The van der Waals surface area contributed by atoms with Crippen LogP contribution in [0.1, 0.15) is 12.8 Å². The first-order valence-electron chi connectivity index (χ1n) is 6.52. The number of carboxylic acids is 1. The molecule has 0 radical (unpaired) electrons. The highest BCUT2D eigenvalue weighted by Gasteiger charge is 2.37. The van der Waals surface area contributed by atoms with Crippen molar-refractivity contribution in [3.8, 4) is 5.75 Å². The number of ether oxygens (including phenoxy) is 1. The number of carbonyl (C=O) groups is 1. The van der Waals surface area contributed by atoms with Crippen LogP contribution >= 0.6 is 0 Å². The molecule has 0 amide bonds. The van der Waals surface area contributed by atoms with E-state index in [4.69, 9.17) is 9.84 Å². The van der Waals surface area contributed by atoms with Crippen molar-refractivity contribution < 1.29 is 23.1 Å². The summed E-state index contributed by atoms with van der Waals surface area (Å²) in [6, 6.07) is 5.80. The lowest BCUT2D eigenvalue weighted by molar-refractivity contribution is -0.139. The molecule has 1 saturated carbocycles. The molecule has 0 saturated heterocycles. The number of rotatable bonds is 8. The number of benzene rings is 1. The lowest BCUT2D eigenvalue weighted by Gasteiger charge is -2.20. The summed E-state index contributed by atoms with van der Waals surface area (Å²) in [4.78, 5) is 10.6. The second kappa shape index (κ2) is 6.28.